The predicted molar refractivity (Wildman–Crippen MR) is 146 cm³/mol. The van der Waals surface area contributed by atoms with Gasteiger partial charge in [-0.3, -0.25) is 0 Å². The summed E-state index contributed by atoms with van der Waals surface area (Å²) >= 11 is 0. The Kier molecular flexibility index (Phi) is 4.38. The van der Waals surface area contributed by atoms with Gasteiger partial charge in [-0.25, -0.2) is 9.97 Å². The normalized spacial score (nSPS) is 13.2. The lowest BCUT2D eigenvalue weighted by Crippen LogP contribution is -2.07. The first kappa shape index (κ1) is 20.5. The first-order valence-electron chi connectivity index (χ1n) is 12.6. The summed E-state index contributed by atoms with van der Waals surface area (Å²) in [5, 5.41) is 2.29. The van der Waals surface area contributed by atoms with Gasteiger partial charge in [0.25, 0.3) is 0 Å². The second-order valence-corrected chi connectivity index (χ2v) is 9.79. The maximum absolute atomic E-state index is 5.97. The Labute approximate surface area is 214 Å². The average Bonchev–Trinajstić information content (AvgIpc) is 2.95. The number of aromatic nitrogens is 2. The third-order valence-electron chi connectivity index (χ3n) is 7.38. The number of benzene rings is 4. The molecule has 0 radical (unpaired) electrons. The summed E-state index contributed by atoms with van der Waals surface area (Å²) in [6.45, 7) is 1.10. The summed E-state index contributed by atoms with van der Waals surface area (Å²) in [5.41, 5.74) is 11.0. The molecule has 2 aliphatic rings. The van der Waals surface area contributed by atoms with E-state index in [1.807, 2.05) is 36.4 Å². The number of rotatable bonds is 2. The molecule has 0 bridgehead atoms. The maximum atomic E-state index is 5.97. The van der Waals surface area contributed by atoms with Gasteiger partial charge in [0.05, 0.1) is 22.4 Å². The first-order chi connectivity index (χ1) is 18.3. The van der Waals surface area contributed by atoms with E-state index >= 15 is 0 Å². The Hall–Kier alpha value is -4.70. The van der Waals surface area contributed by atoms with Gasteiger partial charge >= 0.3 is 0 Å². The van der Waals surface area contributed by atoms with Crippen molar-refractivity contribution < 1.29 is 9.47 Å². The van der Waals surface area contributed by atoms with Crippen molar-refractivity contribution in [2.75, 3.05) is 0 Å². The monoisotopic (exact) mass is 478 g/mol. The lowest BCUT2D eigenvalue weighted by atomic mass is 9.97. The standard InChI is InChI=1S/C33H22N2O2/c1-3-7-30-26(5-1)32-24(18-36-30)16-22-14-20(9-11-28(22)34-32)13-21-10-12-29-23(15-21)17-25-19-37-31-8-4-2-6-27(31)33(25)35-29/h1-12,14-17H,13,18-19H2. The van der Waals surface area contributed by atoms with Crippen molar-refractivity contribution in [3.63, 3.8) is 0 Å². The van der Waals surface area contributed by atoms with E-state index in [2.05, 4.69) is 60.7 Å². The maximum Gasteiger partial charge on any atom is 0.129 e. The average molecular weight is 479 g/mol. The number of pyridine rings is 2. The second kappa shape index (κ2) is 7.90. The highest BCUT2D eigenvalue weighted by atomic mass is 16.5. The van der Waals surface area contributed by atoms with Crippen LogP contribution >= 0.6 is 0 Å². The summed E-state index contributed by atoms with van der Waals surface area (Å²) < 4.78 is 11.9. The van der Waals surface area contributed by atoms with Crippen LogP contribution in [0.5, 0.6) is 11.5 Å². The van der Waals surface area contributed by atoms with E-state index in [4.69, 9.17) is 19.4 Å². The Morgan fingerprint density at radius 2 is 1.03 bits per heavy atom. The van der Waals surface area contributed by atoms with Gasteiger partial charge in [0.15, 0.2) is 0 Å². The minimum Gasteiger partial charge on any atom is -0.488 e. The molecule has 0 unspecified atom stereocenters. The van der Waals surface area contributed by atoms with Crippen LogP contribution in [0.1, 0.15) is 22.3 Å². The van der Waals surface area contributed by atoms with Crippen molar-refractivity contribution in [3.05, 3.63) is 119 Å². The van der Waals surface area contributed by atoms with E-state index in [1.165, 1.54) is 11.1 Å². The van der Waals surface area contributed by atoms with Gasteiger partial charge in [0, 0.05) is 33.0 Å². The molecule has 4 nitrogen and oxygen atoms in total. The van der Waals surface area contributed by atoms with Crippen LogP contribution in [-0.2, 0) is 19.6 Å². The van der Waals surface area contributed by atoms with Gasteiger partial charge in [0.1, 0.15) is 24.7 Å². The molecule has 0 saturated heterocycles. The highest BCUT2D eigenvalue weighted by Crippen LogP contribution is 2.39. The third kappa shape index (κ3) is 3.37. The molecule has 0 N–H and O–H groups in total. The highest BCUT2D eigenvalue weighted by Gasteiger charge is 2.20. The molecule has 0 atom stereocenters. The van der Waals surface area contributed by atoms with Gasteiger partial charge in [-0.1, -0.05) is 36.4 Å². The number of fused-ring (bicyclic) bond motifs is 8. The van der Waals surface area contributed by atoms with E-state index < -0.39 is 0 Å². The molecule has 0 spiro atoms. The molecule has 37 heavy (non-hydrogen) atoms. The summed E-state index contributed by atoms with van der Waals surface area (Å²) in [5.74, 6) is 1.81. The molecule has 2 aliphatic heterocycles. The lowest BCUT2D eigenvalue weighted by Gasteiger charge is -2.20. The summed E-state index contributed by atoms with van der Waals surface area (Å²) in [6, 6.07) is 33.9. The fraction of sp³-hybridized carbons (Fsp3) is 0.0909. The van der Waals surface area contributed by atoms with Crippen LogP contribution in [0.4, 0.5) is 0 Å². The topological polar surface area (TPSA) is 44.2 Å². The van der Waals surface area contributed by atoms with Gasteiger partial charge < -0.3 is 9.47 Å². The molecule has 0 saturated carbocycles. The largest absolute Gasteiger partial charge is 0.488 e. The minimum atomic E-state index is 0.551. The van der Waals surface area contributed by atoms with E-state index in [-0.39, 0.29) is 0 Å². The Morgan fingerprint density at radius 1 is 0.541 bits per heavy atom. The summed E-state index contributed by atoms with van der Waals surface area (Å²) in [4.78, 5) is 10.0. The molecule has 0 fully saturated rings. The lowest BCUT2D eigenvalue weighted by molar-refractivity contribution is 0.301. The second-order valence-electron chi connectivity index (χ2n) is 9.79. The molecule has 4 aromatic carbocycles. The number of ether oxygens (including phenoxy) is 2. The quantitative estimate of drug-likeness (QED) is 0.259. The van der Waals surface area contributed by atoms with Gasteiger partial charge in [-0.2, -0.15) is 0 Å². The summed E-state index contributed by atoms with van der Waals surface area (Å²) in [6.07, 6.45) is 0.846. The number of hydrogen-bond donors (Lipinski definition) is 0. The molecular weight excluding hydrogens is 456 g/mol. The zero-order chi connectivity index (χ0) is 24.3. The SMILES string of the molecule is c1ccc2c(c1)OCc1cc3cc(Cc4ccc5nc6c(cc5c4)COc4ccccc4-6)ccc3nc1-2. The van der Waals surface area contributed by atoms with Crippen molar-refractivity contribution in [2.24, 2.45) is 0 Å². The van der Waals surface area contributed by atoms with Crippen LogP contribution in [0.15, 0.2) is 97.1 Å². The van der Waals surface area contributed by atoms with Gasteiger partial charge in [0.2, 0.25) is 0 Å². The molecule has 0 amide bonds. The van der Waals surface area contributed by atoms with Crippen LogP contribution in [-0.4, -0.2) is 9.97 Å². The van der Waals surface area contributed by atoms with Crippen molar-refractivity contribution in [1.82, 2.24) is 9.97 Å². The van der Waals surface area contributed by atoms with Crippen LogP contribution in [0.25, 0.3) is 44.3 Å². The van der Waals surface area contributed by atoms with E-state index in [0.717, 1.165) is 73.4 Å². The zero-order valence-electron chi connectivity index (χ0n) is 20.1. The fourth-order valence-corrected chi connectivity index (χ4v) is 5.57. The van der Waals surface area contributed by atoms with E-state index in [9.17, 15) is 0 Å². The molecular formula is C33H22N2O2. The number of hydrogen-bond acceptors (Lipinski definition) is 4. The Balaban J connectivity index is 1.13. The van der Waals surface area contributed by atoms with E-state index in [0.29, 0.717) is 13.2 Å². The van der Waals surface area contributed by atoms with Crippen LogP contribution in [0, 0.1) is 0 Å². The van der Waals surface area contributed by atoms with Gasteiger partial charge in [-0.15, -0.1) is 0 Å². The Bertz CT molecular complexity index is 1740. The molecule has 0 aliphatic carbocycles. The highest BCUT2D eigenvalue weighted by molar-refractivity contribution is 5.87. The number of para-hydroxylation sites is 2. The van der Waals surface area contributed by atoms with Crippen molar-refractivity contribution in [1.29, 1.82) is 0 Å². The first-order valence-corrected chi connectivity index (χ1v) is 12.6. The van der Waals surface area contributed by atoms with Crippen molar-refractivity contribution in [2.45, 2.75) is 19.6 Å². The summed E-state index contributed by atoms with van der Waals surface area (Å²) in [7, 11) is 0. The molecule has 176 valence electrons. The smallest absolute Gasteiger partial charge is 0.129 e. The van der Waals surface area contributed by atoms with E-state index in [1.54, 1.807) is 0 Å². The van der Waals surface area contributed by atoms with Crippen LogP contribution in [0.3, 0.4) is 0 Å². The Morgan fingerprint density at radius 3 is 1.54 bits per heavy atom. The molecule has 6 aromatic rings. The molecule has 4 heterocycles. The fourth-order valence-electron chi connectivity index (χ4n) is 5.57. The van der Waals surface area contributed by atoms with Crippen LogP contribution < -0.4 is 9.47 Å². The third-order valence-corrected chi connectivity index (χ3v) is 7.38. The van der Waals surface area contributed by atoms with Crippen molar-refractivity contribution >= 4 is 21.8 Å². The molecule has 8 rings (SSSR count). The minimum absolute atomic E-state index is 0.551. The predicted octanol–water partition coefficient (Wildman–Crippen LogP) is 7.49. The van der Waals surface area contributed by atoms with Gasteiger partial charge in [-0.05, 0) is 78.2 Å². The molecule has 2 aromatic heterocycles. The van der Waals surface area contributed by atoms with Crippen molar-refractivity contribution in [3.8, 4) is 34.0 Å². The van der Waals surface area contributed by atoms with Crippen LogP contribution in [0.2, 0.25) is 0 Å². The zero-order valence-corrected chi connectivity index (χ0v) is 20.1. The molecule has 4 heteroatoms. The number of nitrogens with zero attached hydrogens (tertiary/aromatic N) is 2.